The topological polar surface area (TPSA) is 43.9 Å². The fraction of sp³-hybridized carbons (Fsp3) is 0.0175. The number of benzene rings is 9. The van der Waals surface area contributed by atoms with E-state index in [1.54, 1.807) is 0 Å². The van der Waals surface area contributed by atoms with Gasteiger partial charge in [0.05, 0.1) is 16.4 Å². The Morgan fingerprint density at radius 1 is 0.426 bits per heavy atom. The first kappa shape index (κ1) is 32.8. The average Bonchev–Trinajstić information content (AvgIpc) is 4.04. The maximum atomic E-state index is 6.79. The zero-order chi connectivity index (χ0) is 39.8. The number of hydrogen-bond donors (Lipinski definition) is 0. The Balaban J connectivity index is 1.04. The standard InChI is InChI=1S/C57H33N3O/c1-2-16-35-33-50-44(32-34(35)15-1)40-21-6-11-29-49(40)60(50)37-18-13-17-36(31-37)56-58-53-42-23-7-12-30-51(42)61-55(53)54(59-56)43-24-14-28-48-52(43)41-22-5-10-27-47(41)57(48)45-25-8-3-19-38(45)39-20-4-9-26-46(39)57/h1-33H. The summed E-state index contributed by atoms with van der Waals surface area (Å²) in [5.74, 6) is 0.650. The summed E-state index contributed by atoms with van der Waals surface area (Å²) in [6.07, 6.45) is 0. The van der Waals surface area contributed by atoms with Crippen molar-refractivity contribution >= 4 is 54.6 Å². The largest absolute Gasteiger partial charge is 0.452 e. The van der Waals surface area contributed by atoms with Crippen LogP contribution in [0.4, 0.5) is 0 Å². The predicted molar refractivity (Wildman–Crippen MR) is 248 cm³/mol. The molecule has 1 spiro atoms. The summed E-state index contributed by atoms with van der Waals surface area (Å²) in [5.41, 5.74) is 18.1. The molecule has 282 valence electrons. The molecule has 9 aromatic carbocycles. The highest BCUT2D eigenvalue weighted by atomic mass is 16.3. The Hall–Kier alpha value is -8.08. The summed E-state index contributed by atoms with van der Waals surface area (Å²) < 4.78 is 9.17. The molecule has 2 aliphatic carbocycles. The normalized spacial score (nSPS) is 13.4. The third-order valence-electron chi connectivity index (χ3n) is 13.4. The Kier molecular flexibility index (Phi) is 6.46. The number of para-hydroxylation sites is 2. The molecule has 3 aromatic heterocycles. The molecule has 0 amide bonds. The summed E-state index contributed by atoms with van der Waals surface area (Å²) in [5, 5.41) is 5.87. The molecular weight excluding hydrogens is 743 g/mol. The van der Waals surface area contributed by atoms with E-state index >= 15 is 0 Å². The van der Waals surface area contributed by atoms with Crippen molar-refractivity contribution in [2.45, 2.75) is 5.41 Å². The van der Waals surface area contributed by atoms with Crippen LogP contribution in [0.1, 0.15) is 22.3 Å². The molecule has 0 N–H and O–H groups in total. The fourth-order valence-corrected chi connectivity index (χ4v) is 11.0. The van der Waals surface area contributed by atoms with Gasteiger partial charge in [-0.3, -0.25) is 0 Å². The first-order valence-corrected chi connectivity index (χ1v) is 20.9. The van der Waals surface area contributed by atoms with Gasteiger partial charge in [0.15, 0.2) is 11.4 Å². The summed E-state index contributed by atoms with van der Waals surface area (Å²) in [6.45, 7) is 0. The minimum Gasteiger partial charge on any atom is -0.452 e. The number of hydrogen-bond acceptors (Lipinski definition) is 3. The summed E-state index contributed by atoms with van der Waals surface area (Å²) in [7, 11) is 0. The second-order valence-electron chi connectivity index (χ2n) is 16.4. The van der Waals surface area contributed by atoms with Gasteiger partial charge in [-0.2, -0.15) is 0 Å². The van der Waals surface area contributed by atoms with Crippen LogP contribution in [0.2, 0.25) is 0 Å². The Labute approximate surface area is 350 Å². The van der Waals surface area contributed by atoms with Crippen LogP contribution in [0.5, 0.6) is 0 Å². The van der Waals surface area contributed by atoms with Crippen molar-refractivity contribution in [1.82, 2.24) is 14.5 Å². The fourth-order valence-electron chi connectivity index (χ4n) is 11.0. The van der Waals surface area contributed by atoms with Gasteiger partial charge in [0.2, 0.25) is 0 Å². The van der Waals surface area contributed by atoms with Gasteiger partial charge in [0.1, 0.15) is 16.8 Å². The van der Waals surface area contributed by atoms with Crippen molar-refractivity contribution in [1.29, 1.82) is 0 Å². The summed E-state index contributed by atoms with van der Waals surface area (Å²) in [4.78, 5) is 10.9. The molecule has 0 aliphatic heterocycles. The van der Waals surface area contributed by atoms with Gasteiger partial charge < -0.3 is 8.98 Å². The van der Waals surface area contributed by atoms with Crippen LogP contribution in [0.3, 0.4) is 0 Å². The van der Waals surface area contributed by atoms with Crippen molar-refractivity contribution in [3.05, 3.63) is 222 Å². The molecule has 0 unspecified atom stereocenters. The van der Waals surface area contributed by atoms with Crippen LogP contribution >= 0.6 is 0 Å². The molecule has 2 aliphatic rings. The highest BCUT2D eigenvalue weighted by Crippen LogP contribution is 2.64. The Bertz CT molecular complexity index is 3800. The quantitative estimate of drug-likeness (QED) is 0.180. The lowest BCUT2D eigenvalue weighted by atomic mass is 9.70. The lowest BCUT2D eigenvalue weighted by Crippen LogP contribution is -2.25. The van der Waals surface area contributed by atoms with Crippen LogP contribution in [-0.4, -0.2) is 14.5 Å². The molecular formula is C57H33N3O. The van der Waals surface area contributed by atoms with Crippen LogP contribution in [-0.2, 0) is 5.41 Å². The maximum absolute atomic E-state index is 6.79. The van der Waals surface area contributed by atoms with E-state index in [1.807, 2.05) is 12.1 Å². The van der Waals surface area contributed by atoms with Crippen molar-refractivity contribution in [2.75, 3.05) is 0 Å². The molecule has 0 fully saturated rings. The molecule has 3 heterocycles. The zero-order valence-corrected chi connectivity index (χ0v) is 32.8. The molecule has 14 rings (SSSR count). The van der Waals surface area contributed by atoms with E-state index in [2.05, 4.69) is 193 Å². The highest BCUT2D eigenvalue weighted by molar-refractivity contribution is 6.14. The SMILES string of the molecule is c1cc(-c2nc(-c3cccc4c3-c3ccccc3C43c4ccccc4-c4ccccc43)c3oc4ccccc4c3n2)cc(-n2c3ccccc3c3cc4ccccc4cc32)c1. The van der Waals surface area contributed by atoms with Crippen LogP contribution in [0.25, 0.3) is 105 Å². The van der Waals surface area contributed by atoms with Crippen molar-refractivity contribution in [2.24, 2.45) is 0 Å². The van der Waals surface area contributed by atoms with E-state index in [4.69, 9.17) is 14.4 Å². The Morgan fingerprint density at radius 2 is 1.03 bits per heavy atom. The van der Waals surface area contributed by atoms with Gasteiger partial charge in [-0.05, 0) is 97.7 Å². The van der Waals surface area contributed by atoms with Crippen LogP contribution in [0, 0.1) is 0 Å². The van der Waals surface area contributed by atoms with Gasteiger partial charge in [0, 0.05) is 33.0 Å². The monoisotopic (exact) mass is 775 g/mol. The van der Waals surface area contributed by atoms with Crippen LogP contribution in [0.15, 0.2) is 205 Å². The van der Waals surface area contributed by atoms with E-state index in [-0.39, 0.29) is 0 Å². The first-order valence-electron chi connectivity index (χ1n) is 20.9. The highest BCUT2D eigenvalue weighted by Gasteiger charge is 2.52. The number of nitrogens with zero attached hydrogens (tertiary/aromatic N) is 3. The van der Waals surface area contributed by atoms with E-state index in [0.29, 0.717) is 11.4 Å². The van der Waals surface area contributed by atoms with E-state index < -0.39 is 5.41 Å². The molecule has 0 atom stereocenters. The maximum Gasteiger partial charge on any atom is 0.180 e. The molecule has 4 heteroatoms. The van der Waals surface area contributed by atoms with Crippen molar-refractivity contribution < 1.29 is 4.42 Å². The van der Waals surface area contributed by atoms with Gasteiger partial charge in [-0.25, -0.2) is 9.97 Å². The van der Waals surface area contributed by atoms with Gasteiger partial charge in [0.25, 0.3) is 0 Å². The van der Waals surface area contributed by atoms with Gasteiger partial charge in [-0.15, -0.1) is 0 Å². The molecule has 0 bridgehead atoms. The number of aromatic nitrogens is 3. The van der Waals surface area contributed by atoms with Gasteiger partial charge in [-0.1, -0.05) is 158 Å². The second-order valence-corrected chi connectivity index (χ2v) is 16.4. The lowest BCUT2D eigenvalue weighted by Gasteiger charge is -2.30. The van der Waals surface area contributed by atoms with E-state index in [9.17, 15) is 0 Å². The summed E-state index contributed by atoms with van der Waals surface area (Å²) >= 11 is 0. The molecule has 12 aromatic rings. The average molecular weight is 776 g/mol. The minimum absolute atomic E-state index is 0.472. The minimum atomic E-state index is -0.472. The number of furan rings is 1. The molecule has 0 saturated carbocycles. The Morgan fingerprint density at radius 3 is 1.84 bits per heavy atom. The molecule has 4 nitrogen and oxygen atoms in total. The third-order valence-corrected chi connectivity index (χ3v) is 13.4. The number of fused-ring (bicyclic) bond motifs is 17. The second kappa shape index (κ2) is 12.0. The van der Waals surface area contributed by atoms with Crippen molar-refractivity contribution in [3.8, 4) is 50.6 Å². The van der Waals surface area contributed by atoms with Crippen LogP contribution < -0.4 is 0 Å². The molecule has 0 saturated heterocycles. The molecule has 0 radical (unpaired) electrons. The smallest absolute Gasteiger partial charge is 0.180 e. The van der Waals surface area contributed by atoms with E-state index in [0.717, 1.165) is 50.0 Å². The van der Waals surface area contributed by atoms with Crippen molar-refractivity contribution in [3.63, 3.8) is 0 Å². The summed E-state index contributed by atoms with van der Waals surface area (Å²) in [6, 6.07) is 72.4. The van der Waals surface area contributed by atoms with Gasteiger partial charge >= 0.3 is 0 Å². The zero-order valence-electron chi connectivity index (χ0n) is 32.8. The first-order chi connectivity index (χ1) is 30.3. The third kappa shape index (κ3) is 4.28. The number of rotatable bonds is 3. The lowest BCUT2D eigenvalue weighted by molar-refractivity contribution is 0.667. The van der Waals surface area contributed by atoms with E-state index in [1.165, 1.54) is 66.1 Å². The molecule has 61 heavy (non-hydrogen) atoms. The predicted octanol–water partition coefficient (Wildman–Crippen LogP) is 14.3.